The molecule has 19 heavy (non-hydrogen) atoms. The first-order valence-electron chi connectivity index (χ1n) is 7.07. The van der Waals surface area contributed by atoms with Crippen LogP contribution in [0.2, 0.25) is 0 Å². The van der Waals surface area contributed by atoms with Gasteiger partial charge in [0, 0.05) is 6.54 Å². The molecule has 2 atom stereocenters. The Morgan fingerprint density at radius 3 is 2.68 bits per heavy atom. The van der Waals surface area contributed by atoms with Gasteiger partial charge in [-0.1, -0.05) is 27.2 Å². The fraction of sp³-hybridized carbons (Fsp3) is 0.846. The van der Waals surface area contributed by atoms with Gasteiger partial charge in [0.05, 0.1) is 0 Å². The summed E-state index contributed by atoms with van der Waals surface area (Å²) in [6.45, 7) is 7.61. The quantitative estimate of drug-likeness (QED) is 0.633. The van der Waals surface area contributed by atoms with Gasteiger partial charge in [-0.05, 0) is 25.3 Å². The van der Waals surface area contributed by atoms with Gasteiger partial charge in [-0.3, -0.25) is 10.1 Å². The van der Waals surface area contributed by atoms with Crippen LogP contribution in [0.25, 0.3) is 0 Å². The molecule has 0 spiro atoms. The number of imide groups is 1. The molecular formula is C13H26N4O2. The van der Waals surface area contributed by atoms with Crippen LogP contribution in [0.15, 0.2) is 0 Å². The Labute approximate surface area is 115 Å². The minimum atomic E-state index is -0.583. The van der Waals surface area contributed by atoms with Gasteiger partial charge in [-0.25, -0.2) is 4.79 Å². The zero-order chi connectivity index (χ0) is 14.4. The van der Waals surface area contributed by atoms with Gasteiger partial charge in [0.2, 0.25) is 5.91 Å². The van der Waals surface area contributed by atoms with Crippen molar-refractivity contribution in [1.29, 1.82) is 0 Å². The molecule has 1 saturated heterocycles. The van der Waals surface area contributed by atoms with Gasteiger partial charge < -0.3 is 16.0 Å². The summed E-state index contributed by atoms with van der Waals surface area (Å²) in [6, 6.07) is -0.902. The van der Waals surface area contributed by atoms with Gasteiger partial charge in [0.1, 0.15) is 12.2 Å². The van der Waals surface area contributed by atoms with Crippen molar-refractivity contribution in [2.24, 2.45) is 11.7 Å². The highest BCUT2D eigenvalue weighted by atomic mass is 16.2. The third kappa shape index (κ3) is 4.47. The number of unbranched alkanes of at least 4 members (excludes halogenated alkanes) is 1. The van der Waals surface area contributed by atoms with E-state index in [4.69, 9.17) is 5.73 Å². The first-order chi connectivity index (χ1) is 8.97. The van der Waals surface area contributed by atoms with E-state index in [1.807, 2.05) is 0 Å². The van der Waals surface area contributed by atoms with Crippen molar-refractivity contribution in [2.45, 2.75) is 52.2 Å². The second-order valence-electron chi connectivity index (χ2n) is 5.45. The van der Waals surface area contributed by atoms with E-state index in [-0.39, 0.29) is 11.9 Å². The number of urea groups is 1. The number of nitrogens with one attached hydrogen (secondary N) is 2. The van der Waals surface area contributed by atoms with Crippen molar-refractivity contribution in [3.63, 3.8) is 0 Å². The first-order valence-corrected chi connectivity index (χ1v) is 7.07. The number of nitrogens with zero attached hydrogens (tertiary/aromatic N) is 1. The van der Waals surface area contributed by atoms with Crippen molar-refractivity contribution in [1.82, 2.24) is 15.5 Å². The lowest BCUT2D eigenvalue weighted by atomic mass is 10.1. The Morgan fingerprint density at radius 2 is 2.11 bits per heavy atom. The molecule has 1 aliphatic heterocycles. The Hall–Kier alpha value is -1.14. The second kappa shape index (κ2) is 7.45. The van der Waals surface area contributed by atoms with Crippen LogP contribution in [0.4, 0.5) is 4.79 Å². The highest BCUT2D eigenvalue weighted by molar-refractivity contribution is 6.00. The van der Waals surface area contributed by atoms with Crippen LogP contribution < -0.4 is 16.4 Å². The van der Waals surface area contributed by atoms with Crippen molar-refractivity contribution in [3.8, 4) is 0 Å². The topological polar surface area (TPSA) is 87.5 Å². The molecule has 0 aliphatic carbocycles. The molecule has 2 unspecified atom stereocenters. The van der Waals surface area contributed by atoms with E-state index in [0.29, 0.717) is 12.5 Å². The Morgan fingerprint density at radius 1 is 1.42 bits per heavy atom. The lowest BCUT2D eigenvalue weighted by Crippen LogP contribution is -2.70. The van der Waals surface area contributed by atoms with E-state index in [0.717, 1.165) is 25.8 Å². The molecule has 3 amide bonds. The smallest absolute Gasteiger partial charge is 0.309 e. The van der Waals surface area contributed by atoms with E-state index in [9.17, 15) is 9.59 Å². The van der Waals surface area contributed by atoms with E-state index in [1.165, 1.54) is 4.90 Å². The highest BCUT2D eigenvalue weighted by Crippen LogP contribution is 2.09. The molecule has 0 bridgehead atoms. The molecule has 1 fully saturated rings. The summed E-state index contributed by atoms with van der Waals surface area (Å²) < 4.78 is 0. The average Bonchev–Trinajstić information content (AvgIpc) is 2.32. The van der Waals surface area contributed by atoms with Crippen LogP contribution in [-0.4, -0.2) is 42.1 Å². The molecule has 1 aliphatic rings. The summed E-state index contributed by atoms with van der Waals surface area (Å²) in [7, 11) is 0. The fourth-order valence-electron chi connectivity index (χ4n) is 2.05. The number of hydrogen-bond acceptors (Lipinski definition) is 4. The molecule has 110 valence electrons. The summed E-state index contributed by atoms with van der Waals surface area (Å²) in [4.78, 5) is 25.1. The number of amides is 3. The lowest BCUT2D eigenvalue weighted by Gasteiger charge is -2.38. The third-order valence-electron chi connectivity index (χ3n) is 3.31. The number of nitrogens with two attached hydrogens (primary N) is 1. The molecule has 6 heteroatoms. The van der Waals surface area contributed by atoms with Crippen molar-refractivity contribution in [2.75, 3.05) is 13.1 Å². The Balaban J connectivity index is 2.58. The molecule has 0 saturated carbocycles. The molecule has 0 aromatic rings. The molecule has 0 aromatic heterocycles. The van der Waals surface area contributed by atoms with Crippen LogP contribution >= 0.6 is 0 Å². The number of hydrogen-bond donors (Lipinski definition) is 3. The van der Waals surface area contributed by atoms with E-state index in [2.05, 4.69) is 31.4 Å². The molecule has 6 nitrogen and oxygen atoms in total. The van der Waals surface area contributed by atoms with Gasteiger partial charge in [-0.2, -0.15) is 0 Å². The number of carbonyl (C=O) groups is 2. The van der Waals surface area contributed by atoms with Crippen molar-refractivity contribution in [3.05, 3.63) is 0 Å². The first kappa shape index (κ1) is 15.9. The highest BCUT2D eigenvalue weighted by Gasteiger charge is 2.38. The minimum absolute atomic E-state index is 0.325. The van der Waals surface area contributed by atoms with Crippen LogP contribution in [0.5, 0.6) is 0 Å². The van der Waals surface area contributed by atoms with Crippen molar-refractivity contribution < 1.29 is 9.59 Å². The summed E-state index contributed by atoms with van der Waals surface area (Å²) in [6.07, 6.45) is 2.25. The Bertz CT molecular complexity index is 320. The molecule has 1 rings (SSSR count). The fourth-order valence-corrected chi connectivity index (χ4v) is 2.05. The molecular weight excluding hydrogens is 244 g/mol. The van der Waals surface area contributed by atoms with Gasteiger partial charge in [-0.15, -0.1) is 0 Å². The zero-order valence-electron chi connectivity index (χ0n) is 12.1. The molecule has 0 radical (unpaired) electrons. The summed E-state index contributed by atoms with van der Waals surface area (Å²) in [5, 5.41) is 5.51. The molecule has 1 heterocycles. The maximum Gasteiger partial charge on any atom is 0.325 e. The molecule has 0 aromatic carbocycles. The minimum Gasteiger partial charge on any atom is -0.309 e. The van der Waals surface area contributed by atoms with Crippen molar-refractivity contribution >= 4 is 11.9 Å². The largest absolute Gasteiger partial charge is 0.325 e. The third-order valence-corrected chi connectivity index (χ3v) is 3.31. The average molecular weight is 270 g/mol. The van der Waals surface area contributed by atoms with Crippen LogP contribution in [0.1, 0.15) is 40.0 Å². The van der Waals surface area contributed by atoms with E-state index < -0.39 is 12.2 Å². The van der Waals surface area contributed by atoms with E-state index in [1.54, 1.807) is 0 Å². The second-order valence-corrected chi connectivity index (χ2v) is 5.45. The van der Waals surface area contributed by atoms with Crippen LogP contribution in [0.3, 0.4) is 0 Å². The predicted octanol–water partition coefficient (Wildman–Crippen LogP) is 0.627. The summed E-state index contributed by atoms with van der Waals surface area (Å²) in [5.74, 6) is 0.238. The number of carbonyl (C=O) groups excluding carboxylic acids is 2. The summed E-state index contributed by atoms with van der Waals surface area (Å²) >= 11 is 0. The number of rotatable bonds is 7. The monoisotopic (exact) mass is 270 g/mol. The zero-order valence-corrected chi connectivity index (χ0v) is 12.1. The standard InChI is InChI=1S/C13H26N4O2/c1-4-5-8-17-11(14)10(12(18)16-13(17)19)15-7-6-9(2)3/h9-11,15H,4-8,14H2,1-3H3,(H,16,18,19). The summed E-state index contributed by atoms with van der Waals surface area (Å²) in [5.41, 5.74) is 6.04. The van der Waals surface area contributed by atoms with Crippen LogP contribution in [-0.2, 0) is 4.79 Å². The maximum absolute atomic E-state index is 11.8. The normalized spacial score (nSPS) is 23.9. The van der Waals surface area contributed by atoms with Crippen LogP contribution in [0, 0.1) is 5.92 Å². The Kier molecular flexibility index (Phi) is 6.24. The van der Waals surface area contributed by atoms with Gasteiger partial charge in [0.15, 0.2) is 0 Å². The SMILES string of the molecule is CCCCN1C(=O)NC(=O)C(NCCC(C)C)C1N. The van der Waals surface area contributed by atoms with E-state index >= 15 is 0 Å². The van der Waals surface area contributed by atoms with Gasteiger partial charge in [0.25, 0.3) is 0 Å². The molecule has 4 N–H and O–H groups in total. The van der Waals surface area contributed by atoms with Gasteiger partial charge >= 0.3 is 6.03 Å². The maximum atomic E-state index is 11.8. The lowest BCUT2D eigenvalue weighted by molar-refractivity contribution is -0.125. The predicted molar refractivity (Wildman–Crippen MR) is 74.4 cm³/mol.